The topological polar surface area (TPSA) is 25.4 Å². The van der Waals surface area contributed by atoms with Crippen LogP contribution in [-0.2, 0) is 4.74 Å². The average molecular weight is 309 g/mol. The first-order valence-corrected chi connectivity index (χ1v) is 6.82. The third-order valence-corrected chi connectivity index (χ3v) is 3.35. The third-order valence-electron chi connectivity index (χ3n) is 2.79. The smallest absolute Gasteiger partial charge is 0.129 e. The number of alkyl halides is 1. The first kappa shape index (κ1) is 13.3. The lowest BCUT2D eigenvalue weighted by Gasteiger charge is -2.21. The average Bonchev–Trinajstić information content (AvgIpc) is 2.38. The first-order chi connectivity index (χ1) is 8.70. The van der Waals surface area contributed by atoms with Gasteiger partial charge < -0.3 is 9.64 Å². The van der Waals surface area contributed by atoms with Crippen LogP contribution in [0.3, 0.4) is 0 Å². The Morgan fingerprint density at radius 1 is 1.28 bits per heavy atom. The second kappa shape index (κ2) is 6.16. The summed E-state index contributed by atoms with van der Waals surface area (Å²) in [5.74, 6) is 0.981. The molecule has 18 heavy (non-hydrogen) atoms. The predicted molar refractivity (Wildman–Crippen MR) is 79.6 cm³/mol. The number of halogens is 1. The quantitative estimate of drug-likeness (QED) is 0.794. The molecule has 0 amide bonds. The fraction of sp³-hybridized carbons (Fsp3) is 0.357. The summed E-state index contributed by atoms with van der Waals surface area (Å²) in [6.45, 7) is 1.55. The molecule has 0 N–H and O–H groups in total. The number of fused-ring (bicyclic) bond motifs is 1. The Labute approximate surface area is 116 Å². The maximum atomic E-state index is 5.12. The summed E-state index contributed by atoms with van der Waals surface area (Å²) in [5, 5.41) is 1.17. The second-order valence-corrected chi connectivity index (χ2v) is 5.59. The van der Waals surface area contributed by atoms with Gasteiger partial charge in [0.25, 0.3) is 0 Å². The maximum Gasteiger partial charge on any atom is 0.129 e. The number of nitrogens with zero attached hydrogens (tertiary/aromatic N) is 2. The zero-order chi connectivity index (χ0) is 13.0. The van der Waals surface area contributed by atoms with Crippen LogP contribution in [0.4, 0.5) is 5.82 Å². The number of pyridine rings is 1. The van der Waals surface area contributed by atoms with Crippen molar-refractivity contribution in [2.45, 2.75) is 4.83 Å². The Kier molecular flexibility index (Phi) is 4.55. The van der Waals surface area contributed by atoms with Crippen LogP contribution < -0.4 is 4.90 Å². The molecule has 3 nitrogen and oxygen atoms in total. The highest BCUT2D eigenvalue weighted by Crippen LogP contribution is 2.17. The number of ether oxygens (including phenoxy) is 1. The van der Waals surface area contributed by atoms with Crippen LogP contribution >= 0.6 is 15.9 Å². The van der Waals surface area contributed by atoms with Crippen molar-refractivity contribution in [3.63, 3.8) is 0 Å². The van der Waals surface area contributed by atoms with Crippen molar-refractivity contribution in [2.75, 3.05) is 32.2 Å². The van der Waals surface area contributed by atoms with Gasteiger partial charge in [0.15, 0.2) is 0 Å². The summed E-state index contributed by atoms with van der Waals surface area (Å²) in [6.07, 6.45) is 0. The highest BCUT2D eigenvalue weighted by atomic mass is 79.9. The summed E-state index contributed by atoms with van der Waals surface area (Å²) in [5.41, 5.74) is 1.03. The molecular formula is C14H17BrN2O. The summed E-state index contributed by atoms with van der Waals surface area (Å²) in [7, 11) is 3.75. The molecule has 1 aromatic heterocycles. The molecule has 1 atom stereocenters. The molecule has 1 unspecified atom stereocenters. The Hall–Kier alpha value is -1.13. The molecule has 96 valence electrons. The summed E-state index contributed by atoms with van der Waals surface area (Å²) >= 11 is 3.59. The number of hydrogen-bond donors (Lipinski definition) is 0. The van der Waals surface area contributed by atoms with Crippen molar-refractivity contribution in [3.8, 4) is 0 Å². The van der Waals surface area contributed by atoms with Crippen molar-refractivity contribution < 1.29 is 4.74 Å². The standard InChI is InChI=1S/C14H17BrN2O/c1-17(9-12(15)10-18-2)14-8-7-11-5-3-4-6-13(11)16-14/h3-8,12H,9-10H2,1-2H3. The highest BCUT2D eigenvalue weighted by molar-refractivity contribution is 9.09. The van der Waals surface area contributed by atoms with Crippen molar-refractivity contribution in [1.82, 2.24) is 4.98 Å². The minimum atomic E-state index is 0.306. The van der Waals surface area contributed by atoms with E-state index in [1.165, 1.54) is 5.39 Å². The molecule has 2 aromatic rings. The van der Waals surface area contributed by atoms with Crippen LogP contribution in [0.25, 0.3) is 10.9 Å². The van der Waals surface area contributed by atoms with Gasteiger partial charge in [0.2, 0.25) is 0 Å². The lowest BCUT2D eigenvalue weighted by Crippen LogP contribution is -2.28. The van der Waals surface area contributed by atoms with E-state index in [2.05, 4.69) is 44.0 Å². The maximum absolute atomic E-state index is 5.12. The molecule has 0 spiro atoms. The van der Waals surface area contributed by atoms with E-state index in [1.807, 2.05) is 25.2 Å². The van der Waals surface area contributed by atoms with Gasteiger partial charge in [-0.3, -0.25) is 0 Å². The largest absolute Gasteiger partial charge is 0.383 e. The number of rotatable bonds is 5. The third kappa shape index (κ3) is 3.21. The van der Waals surface area contributed by atoms with Crippen molar-refractivity contribution in [1.29, 1.82) is 0 Å². The molecule has 1 aromatic carbocycles. The molecule has 0 radical (unpaired) electrons. The van der Waals surface area contributed by atoms with E-state index in [4.69, 9.17) is 4.74 Å². The zero-order valence-corrected chi connectivity index (χ0v) is 12.2. The summed E-state index contributed by atoms with van der Waals surface area (Å²) in [4.78, 5) is 7.09. The molecule has 0 saturated carbocycles. The van der Waals surface area contributed by atoms with Gasteiger partial charge >= 0.3 is 0 Å². The van der Waals surface area contributed by atoms with Crippen LogP contribution in [0.2, 0.25) is 0 Å². The fourth-order valence-electron chi connectivity index (χ4n) is 1.89. The Morgan fingerprint density at radius 3 is 2.83 bits per heavy atom. The van der Waals surface area contributed by atoms with E-state index in [0.29, 0.717) is 11.4 Å². The van der Waals surface area contributed by atoms with Gasteiger partial charge in [-0.25, -0.2) is 4.98 Å². The van der Waals surface area contributed by atoms with E-state index in [0.717, 1.165) is 17.9 Å². The summed E-state index contributed by atoms with van der Waals surface area (Å²) in [6, 6.07) is 12.3. The molecule has 1 heterocycles. The SMILES string of the molecule is COCC(Br)CN(C)c1ccc2ccccc2n1. The van der Waals surface area contributed by atoms with Crippen molar-refractivity contribution >= 4 is 32.7 Å². The molecule has 0 bridgehead atoms. The zero-order valence-electron chi connectivity index (χ0n) is 10.6. The number of anilines is 1. The van der Waals surface area contributed by atoms with Crippen LogP contribution in [0.1, 0.15) is 0 Å². The van der Waals surface area contributed by atoms with E-state index in [-0.39, 0.29) is 0 Å². The van der Waals surface area contributed by atoms with Crippen LogP contribution in [-0.4, -0.2) is 37.1 Å². The van der Waals surface area contributed by atoms with Gasteiger partial charge in [-0.05, 0) is 18.2 Å². The van der Waals surface area contributed by atoms with Gasteiger partial charge in [-0.2, -0.15) is 0 Å². The first-order valence-electron chi connectivity index (χ1n) is 5.90. The molecular weight excluding hydrogens is 292 g/mol. The predicted octanol–water partition coefficient (Wildman–Crippen LogP) is 3.08. The molecule has 0 fully saturated rings. The minimum Gasteiger partial charge on any atom is -0.383 e. The summed E-state index contributed by atoms with van der Waals surface area (Å²) < 4.78 is 5.12. The number of hydrogen-bond acceptors (Lipinski definition) is 3. The second-order valence-electron chi connectivity index (χ2n) is 4.30. The van der Waals surface area contributed by atoms with Crippen LogP contribution in [0.15, 0.2) is 36.4 Å². The fourth-order valence-corrected chi connectivity index (χ4v) is 2.59. The minimum absolute atomic E-state index is 0.306. The normalized spacial score (nSPS) is 12.6. The molecule has 0 aliphatic heterocycles. The monoisotopic (exact) mass is 308 g/mol. The lowest BCUT2D eigenvalue weighted by molar-refractivity contribution is 0.201. The number of para-hydroxylation sites is 1. The van der Waals surface area contributed by atoms with Crippen molar-refractivity contribution in [3.05, 3.63) is 36.4 Å². The van der Waals surface area contributed by atoms with Gasteiger partial charge in [-0.15, -0.1) is 0 Å². The van der Waals surface area contributed by atoms with Gasteiger partial charge in [0, 0.05) is 26.1 Å². The van der Waals surface area contributed by atoms with E-state index in [1.54, 1.807) is 7.11 Å². The lowest BCUT2D eigenvalue weighted by atomic mass is 10.2. The molecule has 4 heteroatoms. The van der Waals surface area contributed by atoms with Crippen LogP contribution in [0, 0.1) is 0 Å². The Morgan fingerprint density at radius 2 is 2.06 bits per heavy atom. The number of benzene rings is 1. The number of methoxy groups -OCH3 is 1. The van der Waals surface area contributed by atoms with Gasteiger partial charge in [-0.1, -0.05) is 34.1 Å². The van der Waals surface area contributed by atoms with E-state index >= 15 is 0 Å². The molecule has 0 aliphatic carbocycles. The van der Waals surface area contributed by atoms with Gasteiger partial charge in [0.05, 0.1) is 17.0 Å². The molecule has 0 aliphatic rings. The Balaban J connectivity index is 2.15. The van der Waals surface area contributed by atoms with E-state index in [9.17, 15) is 0 Å². The van der Waals surface area contributed by atoms with Gasteiger partial charge in [0.1, 0.15) is 5.82 Å². The van der Waals surface area contributed by atoms with Crippen molar-refractivity contribution in [2.24, 2.45) is 0 Å². The highest BCUT2D eigenvalue weighted by Gasteiger charge is 2.09. The Bertz CT molecular complexity index is 518. The van der Waals surface area contributed by atoms with E-state index < -0.39 is 0 Å². The molecule has 0 saturated heterocycles. The van der Waals surface area contributed by atoms with Crippen LogP contribution in [0.5, 0.6) is 0 Å². The number of aromatic nitrogens is 1. The molecule has 2 rings (SSSR count).